The minimum atomic E-state index is -4.13. The Labute approximate surface area is 109 Å². The Morgan fingerprint density at radius 2 is 2.17 bits per heavy atom. The maximum absolute atomic E-state index is 13.5. The van der Waals surface area contributed by atoms with Gasteiger partial charge in [-0.15, -0.1) is 0 Å². The lowest BCUT2D eigenvalue weighted by Gasteiger charge is -2.12. The molecular weight excluding hydrogens is 285 g/mol. The Balaban J connectivity index is 3.00. The maximum atomic E-state index is 13.5. The van der Waals surface area contributed by atoms with E-state index >= 15 is 0 Å². The number of benzene rings is 1. The second-order valence-electron chi connectivity index (χ2n) is 3.67. The zero-order valence-corrected chi connectivity index (χ0v) is 10.9. The van der Waals surface area contributed by atoms with Gasteiger partial charge in [-0.1, -0.05) is 17.7 Å². The van der Waals surface area contributed by atoms with Crippen molar-refractivity contribution in [3.05, 3.63) is 29.0 Å². The fourth-order valence-corrected chi connectivity index (χ4v) is 2.90. The summed E-state index contributed by atoms with van der Waals surface area (Å²) in [5.74, 6) is -2.22. The summed E-state index contributed by atoms with van der Waals surface area (Å²) in [4.78, 5) is 9.82. The molecular formula is C10H11ClFNO4S. The summed E-state index contributed by atoms with van der Waals surface area (Å²) in [5, 5.41) is 8.20. The number of hydrogen-bond donors (Lipinski definition) is 2. The zero-order chi connectivity index (χ0) is 13.9. The summed E-state index contributed by atoms with van der Waals surface area (Å²) in [6.45, 7) is 1.37. The molecule has 0 spiro atoms. The average molecular weight is 296 g/mol. The van der Waals surface area contributed by atoms with Crippen LogP contribution >= 0.6 is 11.6 Å². The van der Waals surface area contributed by atoms with Gasteiger partial charge in [-0.05, 0) is 19.1 Å². The summed E-state index contributed by atoms with van der Waals surface area (Å²) in [6, 6.07) is 2.71. The number of hydrogen-bond acceptors (Lipinski definition) is 3. The van der Waals surface area contributed by atoms with Crippen molar-refractivity contribution in [2.45, 2.75) is 24.3 Å². The number of carbonyl (C=O) groups is 1. The minimum Gasteiger partial charge on any atom is -0.481 e. The molecule has 0 aliphatic carbocycles. The smallest absolute Gasteiger partial charge is 0.304 e. The molecule has 0 aromatic heterocycles. The summed E-state index contributed by atoms with van der Waals surface area (Å²) < 4.78 is 39.2. The first-order chi connectivity index (χ1) is 8.24. The highest BCUT2D eigenvalue weighted by Crippen LogP contribution is 2.21. The quantitative estimate of drug-likeness (QED) is 0.864. The number of rotatable bonds is 5. The van der Waals surface area contributed by atoms with E-state index < -0.39 is 39.2 Å². The number of nitrogens with one attached hydrogen (secondary N) is 1. The van der Waals surface area contributed by atoms with Gasteiger partial charge >= 0.3 is 5.97 Å². The first kappa shape index (κ1) is 14.9. The number of sulfonamides is 1. The van der Waals surface area contributed by atoms with Gasteiger partial charge in [0.05, 0.1) is 11.4 Å². The summed E-state index contributed by atoms with van der Waals surface area (Å²) in [7, 11) is -4.13. The van der Waals surface area contributed by atoms with Crippen molar-refractivity contribution in [1.29, 1.82) is 0 Å². The molecule has 0 heterocycles. The van der Waals surface area contributed by atoms with Gasteiger partial charge in [-0.2, -0.15) is 0 Å². The van der Waals surface area contributed by atoms with Gasteiger partial charge in [0.15, 0.2) is 5.82 Å². The van der Waals surface area contributed by atoms with Crippen molar-refractivity contribution in [1.82, 2.24) is 4.72 Å². The SMILES string of the molecule is CC(CC(=O)O)NS(=O)(=O)c1cccc(Cl)c1F. The van der Waals surface area contributed by atoms with Gasteiger partial charge in [-0.3, -0.25) is 4.79 Å². The number of aliphatic carboxylic acids is 1. The Morgan fingerprint density at radius 1 is 1.56 bits per heavy atom. The molecule has 2 N–H and O–H groups in total. The lowest BCUT2D eigenvalue weighted by Crippen LogP contribution is -2.34. The number of carboxylic acids is 1. The molecule has 0 radical (unpaired) electrons. The summed E-state index contributed by atoms with van der Waals surface area (Å²) in [5.41, 5.74) is 0. The van der Waals surface area contributed by atoms with Crippen LogP contribution in [0.2, 0.25) is 5.02 Å². The van der Waals surface area contributed by atoms with Gasteiger partial charge < -0.3 is 5.11 Å². The molecule has 1 unspecified atom stereocenters. The van der Waals surface area contributed by atoms with Crippen molar-refractivity contribution in [3.8, 4) is 0 Å². The molecule has 18 heavy (non-hydrogen) atoms. The van der Waals surface area contributed by atoms with E-state index in [0.29, 0.717) is 0 Å². The van der Waals surface area contributed by atoms with Crippen molar-refractivity contribution in [3.63, 3.8) is 0 Å². The highest BCUT2D eigenvalue weighted by Gasteiger charge is 2.23. The van der Waals surface area contributed by atoms with E-state index in [1.807, 2.05) is 0 Å². The van der Waals surface area contributed by atoms with Crippen LogP contribution in [-0.4, -0.2) is 25.5 Å². The van der Waals surface area contributed by atoms with Crippen LogP contribution in [0.5, 0.6) is 0 Å². The standard InChI is InChI=1S/C10H11ClFNO4S/c1-6(5-9(14)15)13-18(16,17)8-4-2-3-7(11)10(8)12/h2-4,6,13H,5H2,1H3,(H,14,15). The lowest BCUT2D eigenvalue weighted by molar-refractivity contribution is -0.137. The van der Waals surface area contributed by atoms with E-state index in [1.165, 1.54) is 19.1 Å². The van der Waals surface area contributed by atoms with Crippen LogP contribution in [0, 0.1) is 5.82 Å². The van der Waals surface area contributed by atoms with Gasteiger partial charge in [0.1, 0.15) is 4.90 Å². The monoisotopic (exact) mass is 295 g/mol. The minimum absolute atomic E-state index is 0.316. The van der Waals surface area contributed by atoms with Gasteiger partial charge in [0.2, 0.25) is 10.0 Å². The fourth-order valence-electron chi connectivity index (χ4n) is 1.32. The molecule has 1 atom stereocenters. The third kappa shape index (κ3) is 3.66. The summed E-state index contributed by atoms with van der Waals surface area (Å²) >= 11 is 5.48. The van der Waals surface area contributed by atoms with Crippen molar-refractivity contribution < 1.29 is 22.7 Å². The second-order valence-corrected chi connectivity index (χ2v) is 5.76. The number of carboxylic acid groups (broad SMARTS) is 1. The van der Waals surface area contributed by atoms with E-state index in [9.17, 15) is 17.6 Å². The first-order valence-corrected chi connectivity index (χ1v) is 6.78. The molecule has 5 nitrogen and oxygen atoms in total. The largest absolute Gasteiger partial charge is 0.481 e. The van der Waals surface area contributed by atoms with E-state index in [4.69, 9.17) is 16.7 Å². The molecule has 0 fully saturated rings. The average Bonchev–Trinajstić information content (AvgIpc) is 2.19. The Morgan fingerprint density at radius 3 is 2.72 bits per heavy atom. The molecule has 0 saturated heterocycles. The van der Waals surface area contributed by atoms with E-state index in [0.717, 1.165) is 6.07 Å². The molecule has 1 aromatic carbocycles. The second kappa shape index (κ2) is 5.64. The lowest BCUT2D eigenvalue weighted by atomic mass is 10.3. The Kier molecular flexibility index (Phi) is 4.66. The molecule has 8 heteroatoms. The molecule has 1 rings (SSSR count). The molecule has 0 bridgehead atoms. The maximum Gasteiger partial charge on any atom is 0.304 e. The van der Waals surface area contributed by atoms with Gasteiger partial charge in [-0.25, -0.2) is 17.5 Å². The fraction of sp³-hybridized carbons (Fsp3) is 0.300. The first-order valence-electron chi connectivity index (χ1n) is 4.92. The molecule has 0 saturated carbocycles. The topological polar surface area (TPSA) is 83.5 Å². The summed E-state index contributed by atoms with van der Waals surface area (Å²) in [6.07, 6.45) is -0.401. The van der Waals surface area contributed by atoms with Crippen molar-refractivity contribution in [2.75, 3.05) is 0 Å². The van der Waals surface area contributed by atoms with E-state index in [1.54, 1.807) is 0 Å². The third-order valence-corrected chi connectivity index (χ3v) is 3.94. The highest BCUT2D eigenvalue weighted by atomic mass is 35.5. The number of halogens is 2. The van der Waals surface area contributed by atoms with Crippen LogP contribution in [0.3, 0.4) is 0 Å². The van der Waals surface area contributed by atoms with E-state index in [-0.39, 0.29) is 5.02 Å². The Bertz CT molecular complexity index is 561. The molecule has 0 aliphatic rings. The predicted molar refractivity (Wildman–Crippen MR) is 63.4 cm³/mol. The van der Waals surface area contributed by atoms with E-state index in [2.05, 4.69) is 4.72 Å². The van der Waals surface area contributed by atoms with Gasteiger partial charge in [0.25, 0.3) is 0 Å². The Hall–Kier alpha value is -1.18. The normalized spacial score (nSPS) is 13.3. The predicted octanol–water partition coefficient (Wildman–Crippen LogP) is 1.62. The molecule has 0 aliphatic heterocycles. The van der Waals surface area contributed by atoms with Gasteiger partial charge in [0, 0.05) is 6.04 Å². The van der Waals surface area contributed by atoms with Crippen molar-refractivity contribution in [2.24, 2.45) is 0 Å². The van der Waals surface area contributed by atoms with Crippen LogP contribution in [-0.2, 0) is 14.8 Å². The zero-order valence-electron chi connectivity index (χ0n) is 9.35. The molecule has 1 aromatic rings. The molecule has 100 valence electrons. The van der Waals surface area contributed by atoms with Crippen LogP contribution in [0.4, 0.5) is 4.39 Å². The third-order valence-electron chi connectivity index (χ3n) is 2.04. The molecule has 0 amide bonds. The highest BCUT2D eigenvalue weighted by molar-refractivity contribution is 7.89. The van der Waals surface area contributed by atoms with Crippen LogP contribution in [0.1, 0.15) is 13.3 Å². The van der Waals surface area contributed by atoms with Crippen LogP contribution in [0.25, 0.3) is 0 Å². The van der Waals surface area contributed by atoms with Crippen LogP contribution < -0.4 is 4.72 Å². The van der Waals surface area contributed by atoms with Crippen LogP contribution in [0.15, 0.2) is 23.1 Å². The van der Waals surface area contributed by atoms with Crippen molar-refractivity contribution >= 4 is 27.6 Å².